The number of rotatable bonds is 6. The fourth-order valence-corrected chi connectivity index (χ4v) is 3.02. The highest BCUT2D eigenvalue weighted by Gasteiger charge is 2.15. The molecule has 3 rings (SSSR count). The van der Waals surface area contributed by atoms with Crippen molar-refractivity contribution in [1.29, 1.82) is 5.26 Å². The van der Waals surface area contributed by atoms with Gasteiger partial charge in [0.15, 0.2) is 5.88 Å². The predicted molar refractivity (Wildman–Crippen MR) is 105 cm³/mol. The molecule has 2 aromatic rings. The molecule has 27 heavy (non-hydrogen) atoms. The van der Waals surface area contributed by atoms with E-state index >= 15 is 0 Å². The summed E-state index contributed by atoms with van der Waals surface area (Å²) in [6.45, 7) is 4.37. The molecule has 1 aliphatic heterocycles. The molecule has 6 heteroatoms. The van der Waals surface area contributed by atoms with Gasteiger partial charge >= 0.3 is 0 Å². The van der Waals surface area contributed by atoms with Gasteiger partial charge in [0.2, 0.25) is 0 Å². The lowest BCUT2D eigenvalue weighted by atomic mass is 10.1. The molecule has 0 spiro atoms. The monoisotopic (exact) mass is 365 g/mol. The minimum absolute atomic E-state index is 0.0173. The van der Waals surface area contributed by atoms with Crippen LogP contribution in [0.5, 0.6) is 5.75 Å². The van der Waals surface area contributed by atoms with Crippen LogP contribution in [-0.4, -0.2) is 25.6 Å². The summed E-state index contributed by atoms with van der Waals surface area (Å²) in [5, 5.41) is 12.1. The van der Waals surface area contributed by atoms with E-state index < -0.39 is 5.91 Å². The number of carbonyl (C=O) groups is 1. The highest BCUT2D eigenvalue weighted by molar-refractivity contribution is 6.09. The van der Waals surface area contributed by atoms with Gasteiger partial charge < -0.3 is 19.4 Å². The number of nitrogens with one attached hydrogen (secondary N) is 1. The fraction of sp³-hybridized carbons (Fsp3) is 0.333. The van der Waals surface area contributed by atoms with E-state index in [-0.39, 0.29) is 5.57 Å². The number of nitrogens with zero attached hydrogens (tertiary/aromatic N) is 2. The number of nitriles is 1. The van der Waals surface area contributed by atoms with E-state index in [0.29, 0.717) is 23.8 Å². The number of carbonyl (C=O) groups excluding carboxylic acids is 1. The van der Waals surface area contributed by atoms with Crippen LogP contribution in [0.1, 0.15) is 31.9 Å². The van der Waals surface area contributed by atoms with Crippen LogP contribution in [0.4, 0.5) is 11.6 Å². The van der Waals surface area contributed by atoms with Gasteiger partial charge in [0.05, 0.1) is 6.61 Å². The molecule has 1 aromatic heterocycles. The van der Waals surface area contributed by atoms with E-state index in [1.165, 1.54) is 12.5 Å². The van der Waals surface area contributed by atoms with Gasteiger partial charge in [-0.25, -0.2) is 0 Å². The number of anilines is 2. The molecule has 6 nitrogen and oxygen atoms in total. The van der Waals surface area contributed by atoms with E-state index in [9.17, 15) is 10.1 Å². The summed E-state index contributed by atoms with van der Waals surface area (Å²) in [7, 11) is 0. The van der Waals surface area contributed by atoms with Crippen molar-refractivity contribution in [2.24, 2.45) is 0 Å². The van der Waals surface area contributed by atoms with Gasteiger partial charge in [-0.3, -0.25) is 4.79 Å². The van der Waals surface area contributed by atoms with Crippen LogP contribution in [-0.2, 0) is 4.79 Å². The van der Waals surface area contributed by atoms with Crippen LogP contribution in [0.15, 0.2) is 46.4 Å². The van der Waals surface area contributed by atoms with Gasteiger partial charge in [-0.05, 0) is 44.4 Å². The first-order valence-electron chi connectivity index (χ1n) is 9.20. The third kappa shape index (κ3) is 4.91. The number of ether oxygens (including phenoxy) is 1. The maximum absolute atomic E-state index is 12.4. The number of benzene rings is 1. The van der Waals surface area contributed by atoms with Crippen LogP contribution in [0, 0.1) is 11.3 Å². The molecule has 1 aromatic carbocycles. The Kier molecular flexibility index (Phi) is 6.16. The largest absolute Gasteiger partial charge is 0.494 e. The van der Waals surface area contributed by atoms with E-state index in [4.69, 9.17) is 9.15 Å². The van der Waals surface area contributed by atoms with Gasteiger partial charge in [-0.1, -0.05) is 6.07 Å². The third-order valence-electron chi connectivity index (χ3n) is 4.33. The van der Waals surface area contributed by atoms with Crippen molar-refractivity contribution in [3.05, 3.63) is 47.7 Å². The molecule has 0 atom stereocenters. The summed E-state index contributed by atoms with van der Waals surface area (Å²) >= 11 is 0. The van der Waals surface area contributed by atoms with E-state index in [0.717, 1.165) is 31.8 Å². The van der Waals surface area contributed by atoms with Crippen LogP contribution in [0.25, 0.3) is 6.08 Å². The molecule has 1 saturated heterocycles. The maximum Gasteiger partial charge on any atom is 0.266 e. The Morgan fingerprint density at radius 2 is 2.11 bits per heavy atom. The predicted octanol–water partition coefficient (Wildman–Crippen LogP) is 4.21. The topological polar surface area (TPSA) is 78.5 Å². The van der Waals surface area contributed by atoms with Crippen LogP contribution >= 0.6 is 0 Å². The molecule has 0 saturated carbocycles. The summed E-state index contributed by atoms with van der Waals surface area (Å²) in [4.78, 5) is 14.6. The fourth-order valence-electron chi connectivity index (χ4n) is 3.02. The minimum Gasteiger partial charge on any atom is -0.494 e. The Morgan fingerprint density at radius 3 is 2.85 bits per heavy atom. The first-order chi connectivity index (χ1) is 13.2. The van der Waals surface area contributed by atoms with Gasteiger partial charge in [0, 0.05) is 37.0 Å². The van der Waals surface area contributed by atoms with E-state index in [2.05, 4.69) is 10.2 Å². The molecule has 1 aliphatic rings. The Hall–Kier alpha value is -3.20. The SMILES string of the molecule is CCOc1cccc(NC(=O)/C(C#N)=C\c2ccc(N3CCCCC3)o2)c1. The normalized spacial score (nSPS) is 14.5. The van der Waals surface area contributed by atoms with E-state index in [1.807, 2.05) is 25.1 Å². The summed E-state index contributed by atoms with van der Waals surface area (Å²) in [6, 6.07) is 12.7. The second-order valence-corrected chi connectivity index (χ2v) is 6.31. The average Bonchev–Trinajstić information content (AvgIpc) is 3.16. The van der Waals surface area contributed by atoms with E-state index in [1.54, 1.807) is 24.3 Å². The second-order valence-electron chi connectivity index (χ2n) is 6.31. The molecule has 2 heterocycles. The van der Waals surface area contributed by atoms with Crippen molar-refractivity contribution in [1.82, 2.24) is 0 Å². The van der Waals surface area contributed by atoms with Gasteiger partial charge in [-0.15, -0.1) is 0 Å². The van der Waals surface area contributed by atoms with Crippen molar-refractivity contribution in [3.63, 3.8) is 0 Å². The van der Waals surface area contributed by atoms with Gasteiger partial charge in [0.25, 0.3) is 5.91 Å². The smallest absolute Gasteiger partial charge is 0.266 e. The van der Waals surface area contributed by atoms with Gasteiger partial charge in [-0.2, -0.15) is 5.26 Å². The van der Waals surface area contributed by atoms with Crippen molar-refractivity contribution in [2.75, 3.05) is 29.9 Å². The minimum atomic E-state index is -0.484. The second kappa shape index (κ2) is 8.95. The molecule has 0 unspecified atom stereocenters. The lowest BCUT2D eigenvalue weighted by Gasteiger charge is -2.25. The van der Waals surface area contributed by atoms with Gasteiger partial charge in [0.1, 0.15) is 23.2 Å². The molecule has 0 bridgehead atoms. The van der Waals surface area contributed by atoms with Crippen molar-refractivity contribution >= 4 is 23.6 Å². The lowest BCUT2D eigenvalue weighted by molar-refractivity contribution is -0.112. The van der Waals surface area contributed by atoms with Crippen LogP contribution in [0.2, 0.25) is 0 Å². The molecular weight excluding hydrogens is 342 g/mol. The van der Waals surface area contributed by atoms with Crippen molar-refractivity contribution in [3.8, 4) is 11.8 Å². The van der Waals surface area contributed by atoms with Crippen molar-refractivity contribution in [2.45, 2.75) is 26.2 Å². The Balaban J connectivity index is 1.70. The molecule has 1 N–H and O–H groups in total. The molecule has 1 fully saturated rings. The number of hydrogen-bond acceptors (Lipinski definition) is 5. The zero-order valence-electron chi connectivity index (χ0n) is 15.4. The lowest BCUT2D eigenvalue weighted by Crippen LogP contribution is -2.28. The molecule has 0 aliphatic carbocycles. The first kappa shape index (κ1) is 18.6. The number of hydrogen-bond donors (Lipinski definition) is 1. The average molecular weight is 365 g/mol. The standard InChI is InChI=1S/C21H23N3O3/c1-2-26-18-8-6-7-17(14-18)23-21(25)16(15-22)13-19-9-10-20(27-19)24-11-4-3-5-12-24/h6-10,13-14H,2-5,11-12H2,1H3,(H,23,25)/b16-13-. The third-order valence-corrected chi connectivity index (χ3v) is 4.33. The summed E-state index contributed by atoms with van der Waals surface area (Å²) in [5.41, 5.74) is 0.553. The molecular formula is C21H23N3O3. The zero-order chi connectivity index (χ0) is 19.1. The number of furan rings is 1. The zero-order valence-corrected chi connectivity index (χ0v) is 15.4. The number of amides is 1. The Morgan fingerprint density at radius 1 is 1.30 bits per heavy atom. The molecule has 0 radical (unpaired) electrons. The van der Waals surface area contributed by atoms with Crippen LogP contribution in [0.3, 0.4) is 0 Å². The highest BCUT2D eigenvalue weighted by Crippen LogP contribution is 2.24. The van der Waals surface area contributed by atoms with Crippen molar-refractivity contribution < 1.29 is 13.9 Å². The number of piperidine rings is 1. The Labute approximate surface area is 159 Å². The Bertz CT molecular complexity index is 858. The highest BCUT2D eigenvalue weighted by atomic mass is 16.5. The summed E-state index contributed by atoms with van der Waals surface area (Å²) in [5.74, 6) is 1.45. The first-order valence-corrected chi connectivity index (χ1v) is 9.20. The van der Waals surface area contributed by atoms with Crippen LogP contribution < -0.4 is 15.0 Å². The maximum atomic E-state index is 12.4. The summed E-state index contributed by atoms with van der Waals surface area (Å²) < 4.78 is 11.2. The quantitative estimate of drug-likeness (QED) is 0.613. The summed E-state index contributed by atoms with van der Waals surface area (Å²) in [6.07, 6.45) is 5.01. The molecule has 1 amide bonds. The molecule has 140 valence electrons.